The summed E-state index contributed by atoms with van der Waals surface area (Å²) in [7, 11) is 1.56. The molecule has 2 aliphatic rings. The average molecular weight is 448 g/mol. The molecule has 0 saturated heterocycles. The minimum absolute atomic E-state index is 0.0276. The molecule has 33 heavy (non-hydrogen) atoms. The Bertz CT molecular complexity index is 1130. The van der Waals surface area contributed by atoms with Crippen molar-refractivity contribution in [2.24, 2.45) is 17.8 Å². The van der Waals surface area contributed by atoms with Crippen molar-refractivity contribution in [2.75, 3.05) is 7.11 Å². The van der Waals surface area contributed by atoms with Crippen molar-refractivity contribution in [1.29, 1.82) is 0 Å². The topological polar surface area (TPSA) is 69.7 Å². The molecule has 3 atom stereocenters. The Labute approximate surface area is 191 Å². The number of rotatable bonds is 6. The Morgan fingerprint density at radius 1 is 0.939 bits per heavy atom. The highest BCUT2D eigenvalue weighted by molar-refractivity contribution is 6.12. The first kappa shape index (κ1) is 22.6. The first-order valence-corrected chi connectivity index (χ1v) is 10.9. The summed E-state index contributed by atoms with van der Waals surface area (Å²) in [5.74, 6) is -3.99. The summed E-state index contributed by atoms with van der Waals surface area (Å²) in [6.07, 6.45) is 5.41. The lowest BCUT2D eigenvalue weighted by Crippen LogP contribution is -2.46. The molecule has 2 aromatic carbocycles. The summed E-state index contributed by atoms with van der Waals surface area (Å²) in [6, 6.07) is 12.2. The fraction of sp³-hybridized carbons (Fsp3) is 0.296. The van der Waals surface area contributed by atoms with Crippen LogP contribution in [0, 0.1) is 23.6 Å². The van der Waals surface area contributed by atoms with Gasteiger partial charge in [-0.3, -0.25) is 14.4 Å². The molecule has 0 heterocycles. The predicted octanol–water partition coefficient (Wildman–Crippen LogP) is 4.86. The van der Waals surface area contributed by atoms with Crippen molar-refractivity contribution < 1.29 is 28.2 Å². The second-order valence-corrected chi connectivity index (χ2v) is 8.30. The van der Waals surface area contributed by atoms with Gasteiger partial charge in [-0.1, -0.05) is 31.2 Å². The Hall–Kier alpha value is -3.54. The van der Waals surface area contributed by atoms with Crippen molar-refractivity contribution in [3.05, 3.63) is 88.8 Å². The predicted molar refractivity (Wildman–Crippen MR) is 120 cm³/mol. The minimum atomic E-state index is -1.25. The number of esters is 1. The third kappa shape index (κ3) is 4.51. The van der Waals surface area contributed by atoms with Gasteiger partial charge in [0.2, 0.25) is 0 Å². The van der Waals surface area contributed by atoms with Gasteiger partial charge in [-0.15, -0.1) is 0 Å². The van der Waals surface area contributed by atoms with Crippen LogP contribution >= 0.6 is 0 Å². The lowest BCUT2D eigenvalue weighted by Gasteiger charge is -2.37. The van der Waals surface area contributed by atoms with Crippen LogP contribution in [0.15, 0.2) is 71.8 Å². The highest BCUT2D eigenvalue weighted by atomic mass is 19.1. The van der Waals surface area contributed by atoms with Gasteiger partial charge in [0.25, 0.3) is 0 Å². The fourth-order valence-electron chi connectivity index (χ4n) is 4.52. The first-order chi connectivity index (χ1) is 15.9. The number of methoxy groups -OCH3 is 1. The molecule has 3 unspecified atom stereocenters. The van der Waals surface area contributed by atoms with Crippen LogP contribution in [-0.2, 0) is 20.9 Å². The van der Waals surface area contributed by atoms with Crippen molar-refractivity contribution >= 4 is 17.5 Å². The number of ether oxygens (including phenoxy) is 2. The number of carbonyl (C=O) groups is 3. The molecule has 0 N–H and O–H groups in total. The molecular weight excluding hydrogens is 423 g/mol. The molecule has 1 saturated carbocycles. The summed E-state index contributed by atoms with van der Waals surface area (Å²) < 4.78 is 24.1. The van der Waals surface area contributed by atoms with Crippen LogP contribution in [0.2, 0.25) is 0 Å². The zero-order valence-corrected chi connectivity index (χ0v) is 18.5. The largest absolute Gasteiger partial charge is 0.497 e. The number of hydrogen-bond acceptors (Lipinski definition) is 5. The molecule has 170 valence electrons. The molecule has 0 aliphatic heterocycles. The molecule has 0 spiro atoms. The maximum Gasteiger partial charge on any atom is 0.317 e. The number of Topliss-reactive ketones (excluding diaryl/α,β-unsaturated/α-hetero) is 2. The fourth-order valence-corrected chi connectivity index (χ4v) is 4.52. The number of fused-ring (bicyclic) bond motifs is 1. The lowest BCUT2D eigenvalue weighted by atomic mass is 9.64. The second-order valence-electron chi connectivity index (χ2n) is 8.30. The van der Waals surface area contributed by atoms with Crippen LogP contribution in [-0.4, -0.2) is 24.6 Å². The Balaban J connectivity index is 1.64. The Morgan fingerprint density at radius 2 is 1.58 bits per heavy atom. The van der Waals surface area contributed by atoms with Crippen LogP contribution in [0.1, 0.15) is 35.7 Å². The maximum atomic E-state index is 13.5. The van der Waals surface area contributed by atoms with Gasteiger partial charge in [-0.25, -0.2) is 4.39 Å². The Kier molecular flexibility index (Phi) is 6.54. The number of carbonyl (C=O) groups excluding carboxylic acids is 3. The number of ketones is 2. The van der Waals surface area contributed by atoms with E-state index < -0.39 is 29.5 Å². The zero-order chi connectivity index (χ0) is 23.5. The van der Waals surface area contributed by atoms with Crippen molar-refractivity contribution in [1.82, 2.24) is 0 Å². The van der Waals surface area contributed by atoms with E-state index in [-0.39, 0.29) is 23.7 Å². The summed E-state index contributed by atoms with van der Waals surface area (Å²) in [5, 5.41) is 0. The van der Waals surface area contributed by atoms with Gasteiger partial charge in [0.1, 0.15) is 24.1 Å². The van der Waals surface area contributed by atoms with E-state index in [2.05, 4.69) is 0 Å². The van der Waals surface area contributed by atoms with E-state index >= 15 is 0 Å². The maximum absolute atomic E-state index is 13.5. The summed E-state index contributed by atoms with van der Waals surface area (Å²) in [6.45, 7) is 1.73. The summed E-state index contributed by atoms with van der Waals surface area (Å²) in [5.41, 5.74) is 2.49. The number of benzene rings is 2. The number of allylic oxidation sites excluding steroid dienone is 4. The molecule has 0 amide bonds. The lowest BCUT2D eigenvalue weighted by molar-refractivity contribution is -0.155. The first-order valence-electron chi connectivity index (χ1n) is 10.9. The molecule has 1 fully saturated rings. The quantitative estimate of drug-likeness (QED) is 0.359. The molecule has 0 aromatic heterocycles. The van der Waals surface area contributed by atoms with Gasteiger partial charge in [-0.2, -0.15) is 0 Å². The Morgan fingerprint density at radius 3 is 2.21 bits per heavy atom. The van der Waals surface area contributed by atoms with Gasteiger partial charge >= 0.3 is 5.97 Å². The molecule has 2 aromatic rings. The van der Waals surface area contributed by atoms with E-state index in [9.17, 15) is 18.8 Å². The highest BCUT2D eigenvalue weighted by Gasteiger charge is 2.50. The van der Waals surface area contributed by atoms with Crippen LogP contribution in [0.5, 0.6) is 5.75 Å². The third-order valence-corrected chi connectivity index (χ3v) is 6.30. The number of halogens is 1. The van der Waals surface area contributed by atoms with Crippen molar-refractivity contribution in [3.8, 4) is 5.75 Å². The van der Waals surface area contributed by atoms with Gasteiger partial charge < -0.3 is 9.47 Å². The summed E-state index contributed by atoms with van der Waals surface area (Å²) in [4.78, 5) is 40.0. The molecule has 5 nitrogen and oxygen atoms in total. The minimum Gasteiger partial charge on any atom is -0.497 e. The SMILES string of the molecule is COc1ccc(COC(=O)C2C(=O)C(C)C3=CCCC=C3C2C(=O)c2ccc(F)cc2)cc1. The molecular formula is C27H25FO5. The molecule has 0 radical (unpaired) electrons. The van der Waals surface area contributed by atoms with Gasteiger partial charge in [-0.05, 0) is 65.9 Å². The summed E-state index contributed by atoms with van der Waals surface area (Å²) >= 11 is 0. The average Bonchev–Trinajstić information content (AvgIpc) is 2.85. The van der Waals surface area contributed by atoms with Crippen LogP contribution in [0.3, 0.4) is 0 Å². The molecule has 0 bridgehead atoms. The van der Waals surface area contributed by atoms with Crippen molar-refractivity contribution in [2.45, 2.75) is 26.4 Å². The van der Waals surface area contributed by atoms with Gasteiger partial charge in [0.15, 0.2) is 11.6 Å². The highest BCUT2D eigenvalue weighted by Crippen LogP contribution is 2.44. The van der Waals surface area contributed by atoms with Crippen LogP contribution < -0.4 is 4.74 Å². The number of hydrogen-bond donors (Lipinski definition) is 0. The van der Waals surface area contributed by atoms with Gasteiger partial charge in [0.05, 0.1) is 13.0 Å². The molecule has 4 rings (SSSR count). The van der Waals surface area contributed by atoms with E-state index in [1.165, 1.54) is 24.3 Å². The normalized spacial score (nSPS) is 22.0. The second kappa shape index (κ2) is 9.53. The third-order valence-electron chi connectivity index (χ3n) is 6.30. The van der Waals surface area contributed by atoms with Crippen LogP contribution in [0.4, 0.5) is 4.39 Å². The monoisotopic (exact) mass is 448 g/mol. The van der Waals surface area contributed by atoms with E-state index in [1.807, 2.05) is 12.2 Å². The van der Waals surface area contributed by atoms with E-state index in [1.54, 1.807) is 38.3 Å². The smallest absolute Gasteiger partial charge is 0.317 e. The zero-order valence-electron chi connectivity index (χ0n) is 18.5. The van der Waals surface area contributed by atoms with E-state index in [4.69, 9.17) is 9.47 Å². The van der Waals surface area contributed by atoms with Crippen LogP contribution in [0.25, 0.3) is 0 Å². The molecule has 6 heteroatoms. The van der Waals surface area contributed by atoms with Gasteiger partial charge in [0, 0.05) is 11.5 Å². The standard InChI is InChI=1S/C27H25FO5/c1-16-21-5-3-4-6-22(21)23(26(30)18-9-11-19(28)12-10-18)24(25(16)29)27(31)33-15-17-7-13-20(32-2)14-8-17/h5-14,16,23-24H,3-4,15H2,1-2H3. The van der Waals surface area contributed by atoms with E-state index in [0.29, 0.717) is 11.3 Å². The van der Waals surface area contributed by atoms with Crippen molar-refractivity contribution in [3.63, 3.8) is 0 Å². The molecule has 2 aliphatic carbocycles. The van der Waals surface area contributed by atoms with E-state index in [0.717, 1.165) is 24.0 Å².